The predicted octanol–water partition coefficient (Wildman–Crippen LogP) is 4.41. The number of nitriles is 1. The zero-order valence-corrected chi connectivity index (χ0v) is 16.0. The number of H-pyrrole nitrogens is 1. The Morgan fingerprint density at radius 1 is 1.25 bits per heavy atom. The van der Waals surface area contributed by atoms with Crippen LogP contribution in [-0.4, -0.2) is 26.8 Å². The summed E-state index contributed by atoms with van der Waals surface area (Å²) in [4.78, 5) is 15.6. The lowest BCUT2D eigenvalue weighted by Gasteiger charge is -2.06. The Kier molecular flexibility index (Phi) is 4.96. The van der Waals surface area contributed by atoms with Crippen LogP contribution in [0.15, 0.2) is 53.7 Å². The van der Waals surface area contributed by atoms with E-state index in [1.165, 1.54) is 17.3 Å². The molecule has 7 heteroatoms. The number of nitrogens with zero attached hydrogens (tertiary/aromatic N) is 3. The maximum Gasteiger partial charge on any atom is 0.225 e. The third-order valence-corrected chi connectivity index (χ3v) is 5.40. The number of aryl methyl sites for hydroxylation is 1. The normalized spacial score (nSPS) is 10.9. The van der Waals surface area contributed by atoms with Gasteiger partial charge in [-0.05, 0) is 31.2 Å². The number of rotatable bonds is 5. The summed E-state index contributed by atoms with van der Waals surface area (Å²) in [5.74, 6) is 0.422. The van der Waals surface area contributed by atoms with Crippen molar-refractivity contribution in [3.05, 3.63) is 59.8 Å². The number of carbonyl (C=O) groups excluding carboxylic acids is 1. The van der Waals surface area contributed by atoms with Gasteiger partial charge in [0.2, 0.25) is 5.91 Å². The summed E-state index contributed by atoms with van der Waals surface area (Å²) in [5.41, 5.74) is 4.16. The van der Waals surface area contributed by atoms with Crippen molar-refractivity contribution in [3.63, 3.8) is 0 Å². The zero-order chi connectivity index (χ0) is 19.5. The van der Waals surface area contributed by atoms with Gasteiger partial charge in [-0.25, -0.2) is 0 Å². The number of thioether (sulfide) groups is 1. The van der Waals surface area contributed by atoms with Crippen LogP contribution in [0.2, 0.25) is 0 Å². The van der Waals surface area contributed by atoms with E-state index in [4.69, 9.17) is 5.26 Å². The molecule has 0 bridgehead atoms. The molecule has 2 aromatic carbocycles. The smallest absolute Gasteiger partial charge is 0.225 e. The number of aromatic amines is 1. The van der Waals surface area contributed by atoms with E-state index in [9.17, 15) is 4.79 Å². The fraction of sp³-hybridized carbons (Fsp3) is 0.143. The van der Waals surface area contributed by atoms with Gasteiger partial charge < -0.3 is 10.3 Å². The van der Waals surface area contributed by atoms with E-state index in [2.05, 4.69) is 51.7 Å². The SMILES string of the molecule is Cc1ccc2[nH]c3c(SCCC(=O)Nc4ccccc4C#N)nncc3c2c1. The summed E-state index contributed by atoms with van der Waals surface area (Å²) in [6.07, 6.45) is 2.07. The van der Waals surface area contributed by atoms with Crippen LogP contribution >= 0.6 is 11.8 Å². The summed E-state index contributed by atoms with van der Waals surface area (Å²) in [6, 6.07) is 15.3. The quantitative estimate of drug-likeness (QED) is 0.495. The molecule has 6 nitrogen and oxygen atoms in total. The van der Waals surface area contributed by atoms with Gasteiger partial charge in [-0.2, -0.15) is 10.4 Å². The third-order valence-electron chi connectivity index (χ3n) is 4.43. The Labute approximate surface area is 166 Å². The molecule has 0 aliphatic carbocycles. The number of anilines is 1. The van der Waals surface area contributed by atoms with Crippen LogP contribution in [0, 0.1) is 18.3 Å². The zero-order valence-electron chi connectivity index (χ0n) is 15.2. The molecule has 4 aromatic rings. The molecule has 138 valence electrons. The Balaban J connectivity index is 1.46. The Bertz CT molecular complexity index is 1220. The molecule has 1 amide bonds. The summed E-state index contributed by atoms with van der Waals surface area (Å²) in [5, 5.41) is 23.2. The van der Waals surface area contributed by atoms with Gasteiger partial charge in [0.05, 0.1) is 23.0 Å². The minimum absolute atomic E-state index is 0.136. The van der Waals surface area contributed by atoms with E-state index >= 15 is 0 Å². The number of hydrogen-bond acceptors (Lipinski definition) is 5. The summed E-state index contributed by atoms with van der Waals surface area (Å²) < 4.78 is 0. The molecular weight excluding hydrogens is 370 g/mol. The lowest BCUT2D eigenvalue weighted by atomic mass is 10.1. The highest BCUT2D eigenvalue weighted by molar-refractivity contribution is 7.99. The number of nitrogens with one attached hydrogen (secondary N) is 2. The number of amides is 1. The first kappa shape index (κ1) is 18.0. The molecule has 2 aromatic heterocycles. The highest BCUT2D eigenvalue weighted by Gasteiger charge is 2.12. The van der Waals surface area contributed by atoms with Crippen LogP contribution in [0.4, 0.5) is 5.69 Å². The fourth-order valence-corrected chi connectivity index (χ4v) is 3.95. The maximum atomic E-state index is 12.2. The van der Waals surface area contributed by atoms with Gasteiger partial charge in [-0.3, -0.25) is 4.79 Å². The molecule has 4 rings (SSSR count). The van der Waals surface area contributed by atoms with Crippen LogP contribution in [0.25, 0.3) is 21.8 Å². The summed E-state index contributed by atoms with van der Waals surface area (Å²) >= 11 is 1.49. The number of aromatic nitrogens is 3. The second kappa shape index (κ2) is 7.71. The maximum absolute atomic E-state index is 12.2. The molecule has 0 atom stereocenters. The van der Waals surface area contributed by atoms with Gasteiger partial charge in [0, 0.05) is 28.5 Å². The molecule has 0 unspecified atom stereocenters. The number of hydrogen-bond donors (Lipinski definition) is 2. The molecule has 0 saturated carbocycles. The number of carbonyl (C=O) groups is 1. The van der Waals surface area contributed by atoms with Crippen LogP contribution in [0.5, 0.6) is 0 Å². The second-order valence-electron chi connectivity index (χ2n) is 6.42. The average Bonchev–Trinajstić information content (AvgIpc) is 3.07. The van der Waals surface area contributed by atoms with E-state index in [1.54, 1.807) is 30.5 Å². The van der Waals surface area contributed by atoms with Crippen molar-refractivity contribution in [2.75, 3.05) is 11.1 Å². The summed E-state index contributed by atoms with van der Waals surface area (Å²) in [7, 11) is 0. The molecule has 0 saturated heterocycles. The van der Waals surface area contributed by atoms with E-state index in [1.807, 2.05) is 0 Å². The van der Waals surface area contributed by atoms with E-state index in [0.717, 1.165) is 26.8 Å². The molecule has 0 aliphatic rings. The average molecular weight is 387 g/mol. The number of benzene rings is 2. The molecule has 0 aliphatic heterocycles. The minimum Gasteiger partial charge on any atom is -0.352 e. The monoisotopic (exact) mass is 387 g/mol. The van der Waals surface area contributed by atoms with Crippen molar-refractivity contribution in [2.45, 2.75) is 18.4 Å². The molecule has 2 heterocycles. The molecule has 28 heavy (non-hydrogen) atoms. The van der Waals surface area contributed by atoms with Crippen molar-refractivity contribution < 1.29 is 4.79 Å². The first-order valence-corrected chi connectivity index (χ1v) is 9.80. The molecule has 2 N–H and O–H groups in total. The van der Waals surface area contributed by atoms with Crippen molar-refractivity contribution in [3.8, 4) is 6.07 Å². The first-order chi connectivity index (χ1) is 13.7. The van der Waals surface area contributed by atoms with Crippen LogP contribution in [0.1, 0.15) is 17.5 Å². The largest absolute Gasteiger partial charge is 0.352 e. The number of para-hydroxylation sites is 1. The third kappa shape index (κ3) is 3.55. The van der Waals surface area contributed by atoms with E-state index in [-0.39, 0.29) is 5.91 Å². The van der Waals surface area contributed by atoms with Gasteiger partial charge >= 0.3 is 0 Å². The summed E-state index contributed by atoms with van der Waals surface area (Å²) in [6.45, 7) is 2.06. The minimum atomic E-state index is -0.136. The van der Waals surface area contributed by atoms with Crippen LogP contribution in [-0.2, 0) is 4.79 Å². The standard InChI is InChI=1S/C21H17N5OS/c1-13-6-7-18-15(10-13)16-12-23-26-21(20(16)25-18)28-9-8-19(27)24-17-5-3-2-4-14(17)11-22/h2-7,10,12,25H,8-9H2,1H3,(H,24,27). The van der Waals surface area contributed by atoms with Gasteiger partial charge in [0.15, 0.2) is 0 Å². The Morgan fingerprint density at radius 3 is 2.96 bits per heavy atom. The highest BCUT2D eigenvalue weighted by atomic mass is 32.2. The van der Waals surface area contributed by atoms with E-state index in [0.29, 0.717) is 23.4 Å². The van der Waals surface area contributed by atoms with Crippen LogP contribution < -0.4 is 5.32 Å². The topological polar surface area (TPSA) is 94.5 Å². The van der Waals surface area contributed by atoms with Gasteiger partial charge in [-0.15, -0.1) is 16.9 Å². The molecule has 0 spiro atoms. The highest BCUT2D eigenvalue weighted by Crippen LogP contribution is 2.31. The molecular formula is C21H17N5OS. The van der Waals surface area contributed by atoms with Gasteiger partial charge in [-0.1, -0.05) is 23.8 Å². The van der Waals surface area contributed by atoms with Crippen molar-refractivity contribution in [1.82, 2.24) is 15.2 Å². The second-order valence-corrected chi connectivity index (χ2v) is 7.50. The van der Waals surface area contributed by atoms with Crippen molar-refractivity contribution in [1.29, 1.82) is 5.26 Å². The van der Waals surface area contributed by atoms with Gasteiger partial charge in [0.1, 0.15) is 11.1 Å². The lowest BCUT2D eigenvalue weighted by Crippen LogP contribution is -2.13. The molecule has 0 fully saturated rings. The van der Waals surface area contributed by atoms with Gasteiger partial charge in [0.25, 0.3) is 0 Å². The first-order valence-electron chi connectivity index (χ1n) is 8.81. The Morgan fingerprint density at radius 2 is 2.11 bits per heavy atom. The number of fused-ring (bicyclic) bond motifs is 3. The van der Waals surface area contributed by atoms with E-state index < -0.39 is 0 Å². The van der Waals surface area contributed by atoms with Crippen LogP contribution in [0.3, 0.4) is 0 Å². The predicted molar refractivity (Wildman–Crippen MR) is 111 cm³/mol. The van der Waals surface area contributed by atoms with Crippen molar-refractivity contribution in [2.24, 2.45) is 0 Å². The lowest BCUT2D eigenvalue weighted by molar-refractivity contribution is -0.115. The van der Waals surface area contributed by atoms with Crippen molar-refractivity contribution >= 4 is 45.2 Å². The molecule has 0 radical (unpaired) electrons. The Hall–Kier alpha value is -3.37. The fourth-order valence-electron chi connectivity index (χ4n) is 3.06.